The highest BCUT2D eigenvalue weighted by Crippen LogP contribution is 2.36. The van der Waals surface area contributed by atoms with Gasteiger partial charge in [-0.25, -0.2) is 4.79 Å². The Morgan fingerprint density at radius 1 is 1.32 bits per heavy atom. The van der Waals surface area contributed by atoms with Crippen LogP contribution in [0.2, 0.25) is 0 Å². The first kappa shape index (κ1) is 16.3. The van der Waals surface area contributed by atoms with E-state index in [1.54, 1.807) is 0 Å². The lowest BCUT2D eigenvalue weighted by molar-refractivity contribution is -0.142. The molecule has 0 saturated carbocycles. The second kappa shape index (κ2) is 6.38. The monoisotopic (exact) mass is 305 g/mol. The molecule has 1 aliphatic heterocycles. The molecule has 2 rings (SSSR count). The van der Waals surface area contributed by atoms with Crippen LogP contribution < -0.4 is 10.1 Å². The van der Waals surface area contributed by atoms with E-state index in [4.69, 9.17) is 4.74 Å². The Bertz CT molecular complexity index is 595. The summed E-state index contributed by atoms with van der Waals surface area (Å²) in [7, 11) is 0. The summed E-state index contributed by atoms with van der Waals surface area (Å²) in [5.41, 5.74) is 3.05. The molecule has 5 heteroatoms. The number of benzene rings is 1. The number of hydrogen-bond acceptors (Lipinski definition) is 3. The van der Waals surface area contributed by atoms with Crippen LogP contribution >= 0.6 is 0 Å². The number of hydrogen-bond donors (Lipinski definition) is 2. The minimum atomic E-state index is -0.999. The van der Waals surface area contributed by atoms with E-state index in [2.05, 4.69) is 5.32 Å². The smallest absolute Gasteiger partial charge is 0.326 e. The number of aryl methyl sites for hydroxylation is 2. The van der Waals surface area contributed by atoms with E-state index >= 15 is 0 Å². The van der Waals surface area contributed by atoms with Crippen molar-refractivity contribution in [1.29, 1.82) is 0 Å². The van der Waals surface area contributed by atoms with Crippen molar-refractivity contribution in [2.45, 2.75) is 46.1 Å². The number of carboxylic acids is 1. The zero-order valence-electron chi connectivity index (χ0n) is 13.5. The number of rotatable bonds is 5. The third kappa shape index (κ3) is 3.40. The zero-order chi connectivity index (χ0) is 16.4. The highest BCUT2D eigenvalue weighted by molar-refractivity contribution is 5.89. The van der Waals surface area contributed by atoms with Gasteiger partial charge in [0.05, 0.1) is 0 Å². The Hall–Kier alpha value is -2.04. The van der Waals surface area contributed by atoms with E-state index < -0.39 is 17.9 Å². The number of carbonyl (C=O) groups excluding carboxylic acids is 1. The summed E-state index contributed by atoms with van der Waals surface area (Å²) in [6.45, 7) is 8.11. The fourth-order valence-electron chi connectivity index (χ4n) is 2.65. The van der Waals surface area contributed by atoms with Crippen LogP contribution in [0, 0.1) is 19.8 Å². The lowest BCUT2D eigenvalue weighted by Crippen LogP contribution is -2.44. The fraction of sp³-hybridized carbons (Fsp3) is 0.529. The lowest BCUT2D eigenvalue weighted by Gasteiger charge is -2.18. The molecule has 1 aromatic rings. The first-order valence-electron chi connectivity index (χ1n) is 7.56. The molecule has 5 nitrogen and oxygen atoms in total. The number of amides is 1. The number of carboxylic acid groups (broad SMARTS) is 1. The molecular formula is C17H23NO4. The Kier molecular flexibility index (Phi) is 4.74. The van der Waals surface area contributed by atoms with Crippen molar-refractivity contribution in [3.8, 4) is 5.75 Å². The van der Waals surface area contributed by atoms with Crippen LogP contribution in [-0.4, -0.2) is 29.6 Å². The number of carbonyl (C=O) groups is 2. The molecule has 1 unspecified atom stereocenters. The third-order valence-corrected chi connectivity index (χ3v) is 4.05. The predicted octanol–water partition coefficient (Wildman–Crippen LogP) is 2.39. The Morgan fingerprint density at radius 2 is 1.95 bits per heavy atom. The SMILES string of the molecule is Cc1cc2c(cc1C)C(C(=O)N[C@H](CC(C)C)C(=O)O)CO2. The summed E-state index contributed by atoms with van der Waals surface area (Å²) in [6.07, 6.45) is 0.411. The molecule has 1 heterocycles. The summed E-state index contributed by atoms with van der Waals surface area (Å²) in [6, 6.07) is 3.03. The van der Waals surface area contributed by atoms with Crippen molar-refractivity contribution in [3.63, 3.8) is 0 Å². The van der Waals surface area contributed by atoms with Crippen molar-refractivity contribution in [1.82, 2.24) is 5.32 Å². The Balaban J connectivity index is 2.15. The maximum Gasteiger partial charge on any atom is 0.326 e. The topological polar surface area (TPSA) is 75.6 Å². The summed E-state index contributed by atoms with van der Waals surface area (Å²) in [4.78, 5) is 23.7. The lowest BCUT2D eigenvalue weighted by atomic mass is 9.95. The molecule has 2 atom stereocenters. The summed E-state index contributed by atoms with van der Waals surface area (Å²) < 4.78 is 5.58. The molecule has 0 radical (unpaired) electrons. The molecule has 0 aromatic heterocycles. The average molecular weight is 305 g/mol. The maximum absolute atomic E-state index is 12.4. The average Bonchev–Trinajstić information content (AvgIpc) is 2.80. The molecule has 0 fully saturated rings. The van der Waals surface area contributed by atoms with Crippen molar-refractivity contribution in [2.24, 2.45) is 5.92 Å². The summed E-state index contributed by atoms with van der Waals surface area (Å²) in [5.74, 6) is -0.808. The molecule has 2 N–H and O–H groups in total. The van der Waals surface area contributed by atoms with Crippen LogP contribution in [0.15, 0.2) is 12.1 Å². The van der Waals surface area contributed by atoms with Gasteiger partial charge in [-0.1, -0.05) is 19.9 Å². The fourth-order valence-corrected chi connectivity index (χ4v) is 2.65. The van der Waals surface area contributed by atoms with Crippen molar-refractivity contribution in [3.05, 3.63) is 28.8 Å². The normalized spacial score (nSPS) is 17.8. The van der Waals surface area contributed by atoms with E-state index in [9.17, 15) is 14.7 Å². The van der Waals surface area contributed by atoms with Crippen molar-refractivity contribution in [2.75, 3.05) is 6.61 Å². The first-order chi connectivity index (χ1) is 10.3. The second-order valence-electron chi connectivity index (χ2n) is 6.37. The van der Waals surface area contributed by atoms with E-state index in [1.807, 2.05) is 39.8 Å². The van der Waals surface area contributed by atoms with Gasteiger partial charge in [0.25, 0.3) is 0 Å². The van der Waals surface area contributed by atoms with E-state index in [0.29, 0.717) is 6.42 Å². The highest BCUT2D eigenvalue weighted by Gasteiger charge is 2.33. The second-order valence-corrected chi connectivity index (χ2v) is 6.37. The van der Waals surface area contributed by atoms with E-state index in [0.717, 1.165) is 22.4 Å². The van der Waals surface area contributed by atoms with Crippen LogP contribution in [0.25, 0.3) is 0 Å². The first-order valence-corrected chi connectivity index (χ1v) is 7.56. The van der Waals surface area contributed by atoms with Crippen molar-refractivity contribution >= 4 is 11.9 Å². The molecule has 120 valence electrons. The van der Waals surface area contributed by atoms with Crippen LogP contribution in [0.4, 0.5) is 0 Å². The molecule has 0 saturated heterocycles. The molecule has 0 spiro atoms. The minimum Gasteiger partial charge on any atom is -0.492 e. The Morgan fingerprint density at radius 3 is 2.55 bits per heavy atom. The Labute approximate surface area is 130 Å². The van der Waals surface area contributed by atoms with Gasteiger partial charge in [-0.05, 0) is 43.4 Å². The zero-order valence-corrected chi connectivity index (χ0v) is 13.5. The van der Waals surface area contributed by atoms with Gasteiger partial charge in [0.2, 0.25) is 5.91 Å². The van der Waals surface area contributed by atoms with Gasteiger partial charge in [-0.3, -0.25) is 4.79 Å². The van der Waals surface area contributed by atoms with Gasteiger partial charge in [-0.2, -0.15) is 0 Å². The standard InChI is InChI=1S/C17H23NO4/c1-9(2)5-14(17(20)21)18-16(19)13-8-22-15-7-11(4)10(3)6-12(13)15/h6-7,9,13-14H,5,8H2,1-4H3,(H,18,19)(H,20,21)/t13?,14-/m1/s1. The highest BCUT2D eigenvalue weighted by atomic mass is 16.5. The van der Waals surface area contributed by atoms with Crippen LogP contribution in [0.5, 0.6) is 5.75 Å². The van der Waals surface area contributed by atoms with Crippen LogP contribution in [0.1, 0.15) is 42.9 Å². The summed E-state index contributed by atoms with van der Waals surface area (Å²) >= 11 is 0. The minimum absolute atomic E-state index is 0.193. The molecule has 0 aliphatic carbocycles. The van der Waals surface area contributed by atoms with E-state index in [1.165, 1.54) is 0 Å². The number of fused-ring (bicyclic) bond motifs is 1. The third-order valence-electron chi connectivity index (χ3n) is 4.05. The van der Waals surface area contributed by atoms with E-state index in [-0.39, 0.29) is 18.4 Å². The van der Waals surface area contributed by atoms with Crippen molar-refractivity contribution < 1.29 is 19.4 Å². The van der Waals surface area contributed by atoms with Gasteiger partial charge < -0.3 is 15.2 Å². The maximum atomic E-state index is 12.4. The van der Waals surface area contributed by atoms with Gasteiger partial charge in [0, 0.05) is 5.56 Å². The van der Waals surface area contributed by atoms with Gasteiger partial charge in [0.1, 0.15) is 24.3 Å². The van der Waals surface area contributed by atoms with Gasteiger partial charge >= 0.3 is 5.97 Å². The summed E-state index contributed by atoms with van der Waals surface area (Å²) in [5, 5.41) is 11.9. The van der Waals surface area contributed by atoms with Gasteiger partial charge in [0.15, 0.2) is 0 Å². The largest absolute Gasteiger partial charge is 0.492 e. The number of nitrogens with one attached hydrogen (secondary N) is 1. The van der Waals surface area contributed by atoms with Crippen LogP contribution in [0.3, 0.4) is 0 Å². The number of aliphatic carboxylic acids is 1. The van der Waals surface area contributed by atoms with Gasteiger partial charge in [-0.15, -0.1) is 0 Å². The molecular weight excluding hydrogens is 282 g/mol. The number of ether oxygens (including phenoxy) is 1. The molecule has 1 aromatic carbocycles. The molecule has 1 aliphatic rings. The van der Waals surface area contributed by atoms with Crippen LogP contribution in [-0.2, 0) is 9.59 Å². The molecule has 22 heavy (non-hydrogen) atoms. The predicted molar refractivity (Wildman–Crippen MR) is 83.2 cm³/mol. The quantitative estimate of drug-likeness (QED) is 0.876. The molecule has 1 amide bonds. The molecule has 0 bridgehead atoms.